The monoisotopic (exact) mass is 270 g/mol. The molecular weight excluding hydrogens is 252 g/mol. The summed E-state index contributed by atoms with van der Waals surface area (Å²) in [5.41, 5.74) is 0. The third kappa shape index (κ3) is 6.93. The van der Waals surface area contributed by atoms with E-state index in [1.807, 2.05) is 0 Å². The second-order valence-electron chi connectivity index (χ2n) is 3.85. The van der Waals surface area contributed by atoms with Gasteiger partial charge in [0.15, 0.2) is 0 Å². The first-order valence-corrected chi connectivity index (χ1v) is 5.67. The maximum Gasteiger partial charge on any atom is 0.327 e. The van der Waals surface area contributed by atoms with Crippen LogP contribution in [0.5, 0.6) is 0 Å². The van der Waals surface area contributed by atoms with Crippen LogP contribution in [0, 0.1) is 12.3 Å². The van der Waals surface area contributed by atoms with Gasteiger partial charge in [0.05, 0.1) is 7.11 Å². The van der Waals surface area contributed by atoms with Crippen LogP contribution in [0.25, 0.3) is 0 Å². The van der Waals surface area contributed by atoms with Crippen LogP contribution in [0.3, 0.4) is 0 Å². The molecule has 0 aliphatic heterocycles. The molecule has 7 heteroatoms. The summed E-state index contributed by atoms with van der Waals surface area (Å²) < 4.78 is 4.46. The van der Waals surface area contributed by atoms with Crippen molar-refractivity contribution in [2.75, 3.05) is 20.7 Å². The van der Waals surface area contributed by atoms with Gasteiger partial charge in [-0.25, -0.2) is 9.59 Å². The van der Waals surface area contributed by atoms with E-state index in [-0.39, 0.29) is 18.8 Å². The molecule has 106 valence electrons. The average molecular weight is 270 g/mol. The predicted octanol–water partition coefficient (Wildman–Crippen LogP) is 0.0575. The number of aliphatic carboxylic acids is 1. The van der Waals surface area contributed by atoms with E-state index >= 15 is 0 Å². The Balaban J connectivity index is 4.15. The highest BCUT2D eigenvalue weighted by Crippen LogP contribution is 1.98. The largest absolute Gasteiger partial charge is 0.480 e. The summed E-state index contributed by atoms with van der Waals surface area (Å²) in [5.74, 6) is 0.641. The molecule has 0 bridgehead atoms. The highest BCUT2D eigenvalue weighted by molar-refractivity contribution is 5.82. The standard InChI is InChI=1S/C12H18N2O5/c1-4-6-9(11(16)17)13-12(18)14(2)8-5-7-10(15)19-3/h1,9H,5-8H2,2-3H3,(H,13,18)(H,16,17). The molecular formula is C12H18N2O5. The smallest absolute Gasteiger partial charge is 0.327 e. The molecule has 19 heavy (non-hydrogen) atoms. The number of urea groups is 1. The number of rotatable bonds is 7. The van der Waals surface area contributed by atoms with Crippen LogP contribution in [0.2, 0.25) is 0 Å². The maximum atomic E-state index is 11.6. The molecule has 0 aliphatic carbocycles. The van der Waals surface area contributed by atoms with E-state index in [9.17, 15) is 14.4 Å². The second kappa shape index (κ2) is 8.80. The Kier molecular flexibility index (Phi) is 7.77. The minimum absolute atomic E-state index is 0.0862. The predicted molar refractivity (Wildman–Crippen MR) is 67.3 cm³/mol. The Hall–Kier alpha value is -2.23. The van der Waals surface area contributed by atoms with Crippen molar-refractivity contribution >= 4 is 18.0 Å². The molecule has 0 heterocycles. The van der Waals surface area contributed by atoms with Crippen molar-refractivity contribution in [3.63, 3.8) is 0 Å². The number of carboxylic acid groups (broad SMARTS) is 1. The van der Waals surface area contributed by atoms with Gasteiger partial charge < -0.3 is 20.1 Å². The fourth-order valence-corrected chi connectivity index (χ4v) is 1.24. The van der Waals surface area contributed by atoms with Crippen molar-refractivity contribution in [2.24, 2.45) is 0 Å². The highest BCUT2D eigenvalue weighted by Gasteiger charge is 2.20. The number of terminal acetylenes is 1. The van der Waals surface area contributed by atoms with Crippen molar-refractivity contribution in [2.45, 2.75) is 25.3 Å². The van der Waals surface area contributed by atoms with E-state index in [1.54, 1.807) is 0 Å². The number of carbonyl (C=O) groups is 3. The van der Waals surface area contributed by atoms with Crippen molar-refractivity contribution in [3.8, 4) is 12.3 Å². The van der Waals surface area contributed by atoms with E-state index < -0.39 is 18.0 Å². The summed E-state index contributed by atoms with van der Waals surface area (Å²) in [6.07, 6.45) is 5.56. The van der Waals surface area contributed by atoms with E-state index in [2.05, 4.69) is 16.0 Å². The molecule has 0 saturated heterocycles. The topological polar surface area (TPSA) is 95.9 Å². The van der Waals surface area contributed by atoms with Crippen LogP contribution in [0.1, 0.15) is 19.3 Å². The van der Waals surface area contributed by atoms with Gasteiger partial charge in [0.25, 0.3) is 0 Å². The number of methoxy groups -OCH3 is 1. The van der Waals surface area contributed by atoms with Crippen molar-refractivity contribution in [3.05, 3.63) is 0 Å². The summed E-state index contributed by atoms with van der Waals surface area (Å²) in [4.78, 5) is 34.6. The minimum Gasteiger partial charge on any atom is -0.480 e. The van der Waals surface area contributed by atoms with Crippen LogP contribution >= 0.6 is 0 Å². The zero-order chi connectivity index (χ0) is 14.8. The summed E-state index contributed by atoms with van der Waals surface area (Å²) in [6.45, 7) is 0.309. The lowest BCUT2D eigenvalue weighted by Crippen LogP contribution is -2.46. The summed E-state index contributed by atoms with van der Waals surface area (Å²) in [6, 6.07) is -1.66. The lowest BCUT2D eigenvalue weighted by Gasteiger charge is -2.20. The Morgan fingerprint density at radius 3 is 2.58 bits per heavy atom. The van der Waals surface area contributed by atoms with Crippen LogP contribution in [0.4, 0.5) is 4.79 Å². The highest BCUT2D eigenvalue weighted by atomic mass is 16.5. The molecule has 1 unspecified atom stereocenters. The quantitative estimate of drug-likeness (QED) is 0.503. The minimum atomic E-state index is -1.19. The van der Waals surface area contributed by atoms with Gasteiger partial charge in [-0.1, -0.05) is 0 Å². The molecule has 0 radical (unpaired) electrons. The van der Waals surface area contributed by atoms with E-state index in [4.69, 9.17) is 11.5 Å². The summed E-state index contributed by atoms with van der Waals surface area (Å²) >= 11 is 0. The molecule has 0 fully saturated rings. The first-order valence-electron chi connectivity index (χ1n) is 5.67. The Bertz CT molecular complexity index is 375. The molecule has 2 N–H and O–H groups in total. The fraction of sp³-hybridized carbons (Fsp3) is 0.583. The van der Waals surface area contributed by atoms with Crippen LogP contribution in [0.15, 0.2) is 0 Å². The molecule has 7 nitrogen and oxygen atoms in total. The summed E-state index contributed by atoms with van der Waals surface area (Å²) in [5, 5.41) is 11.1. The van der Waals surface area contributed by atoms with E-state index in [0.29, 0.717) is 13.0 Å². The third-order valence-corrected chi connectivity index (χ3v) is 2.37. The molecule has 0 spiro atoms. The van der Waals surface area contributed by atoms with Crippen molar-refractivity contribution < 1.29 is 24.2 Å². The number of hydrogen-bond donors (Lipinski definition) is 2. The molecule has 1 atom stereocenters. The van der Waals surface area contributed by atoms with Gasteiger partial charge in [-0.15, -0.1) is 12.3 Å². The molecule has 0 saturated carbocycles. The normalized spacial score (nSPS) is 11.0. The lowest BCUT2D eigenvalue weighted by atomic mass is 10.2. The number of nitrogens with zero attached hydrogens (tertiary/aromatic N) is 1. The number of carbonyl (C=O) groups excluding carboxylic acids is 2. The van der Waals surface area contributed by atoms with Gasteiger partial charge in [0.2, 0.25) is 0 Å². The van der Waals surface area contributed by atoms with Crippen LogP contribution < -0.4 is 5.32 Å². The number of esters is 1. The lowest BCUT2D eigenvalue weighted by molar-refractivity contribution is -0.141. The molecule has 0 rings (SSSR count). The van der Waals surface area contributed by atoms with Gasteiger partial charge in [-0.2, -0.15) is 0 Å². The molecule has 2 amide bonds. The summed E-state index contributed by atoms with van der Waals surface area (Å²) in [7, 11) is 2.79. The van der Waals surface area contributed by atoms with Gasteiger partial charge in [-0.05, 0) is 6.42 Å². The number of ether oxygens (including phenoxy) is 1. The average Bonchev–Trinajstić information content (AvgIpc) is 2.37. The van der Waals surface area contributed by atoms with E-state index in [1.165, 1.54) is 19.1 Å². The van der Waals surface area contributed by atoms with Gasteiger partial charge >= 0.3 is 18.0 Å². The molecule has 0 aromatic carbocycles. The number of amides is 2. The third-order valence-electron chi connectivity index (χ3n) is 2.37. The number of carboxylic acids is 1. The Labute approximate surface area is 111 Å². The first kappa shape index (κ1) is 16.8. The van der Waals surface area contributed by atoms with E-state index in [0.717, 1.165) is 0 Å². The van der Waals surface area contributed by atoms with Gasteiger partial charge in [0.1, 0.15) is 6.04 Å². The molecule has 0 aromatic rings. The number of hydrogen-bond acceptors (Lipinski definition) is 4. The first-order chi connectivity index (χ1) is 8.92. The molecule has 0 aromatic heterocycles. The Morgan fingerprint density at radius 2 is 2.11 bits per heavy atom. The maximum absolute atomic E-state index is 11.6. The molecule has 0 aliphatic rings. The van der Waals surface area contributed by atoms with Crippen molar-refractivity contribution in [1.29, 1.82) is 0 Å². The number of nitrogens with one attached hydrogen (secondary N) is 1. The second-order valence-corrected chi connectivity index (χ2v) is 3.85. The Morgan fingerprint density at radius 1 is 1.47 bits per heavy atom. The van der Waals surface area contributed by atoms with Gasteiger partial charge in [-0.3, -0.25) is 4.79 Å². The van der Waals surface area contributed by atoms with Crippen LogP contribution in [-0.4, -0.2) is 54.7 Å². The zero-order valence-electron chi connectivity index (χ0n) is 11.0. The zero-order valence-corrected chi connectivity index (χ0v) is 11.0. The van der Waals surface area contributed by atoms with Crippen LogP contribution in [-0.2, 0) is 14.3 Å². The van der Waals surface area contributed by atoms with Gasteiger partial charge in [0, 0.05) is 26.4 Å². The SMILES string of the molecule is C#CCC(NC(=O)N(C)CCCC(=O)OC)C(=O)O. The van der Waals surface area contributed by atoms with Crippen molar-refractivity contribution in [1.82, 2.24) is 10.2 Å². The fourth-order valence-electron chi connectivity index (χ4n) is 1.24.